The SMILES string of the molecule is COc1ccc(-c2nc(CN3CCC(C(C)(C)O)CC3)c(C)o2)c(F)c1. The summed E-state index contributed by atoms with van der Waals surface area (Å²) >= 11 is 0. The quantitative estimate of drug-likeness (QED) is 0.877. The third-order valence-electron chi connectivity index (χ3n) is 5.26. The highest BCUT2D eigenvalue weighted by atomic mass is 19.1. The van der Waals surface area contributed by atoms with E-state index < -0.39 is 11.4 Å². The Morgan fingerprint density at radius 3 is 2.62 bits per heavy atom. The van der Waals surface area contributed by atoms with Gasteiger partial charge in [-0.25, -0.2) is 9.37 Å². The van der Waals surface area contributed by atoms with Crippen LogP contribution in [0.25, 0.3) is 11.5 Å². The normalized spacial score (nSPS) is 16.8. The van der Waals surface area contributed by atoms with Crippen LogP contribution >= 0.6 is 0 Å². The lowest BCUT2D eigenvalue weighted by Gasteiger charge is -2.37. The minimum atomic E-state index is -0.630. The molecule has 0 radical (unpaired) electrons. The molecule has 6 heteroatoms. The molecule has 0 aliphatic carbocycles. The van der Waals surface area contributed by atoms with Crippen molar-refractivity contribution in [2.45, 2.75) is 45.8 Å². The lowest BCUT2D eigenvalue weighted by atomic mass is 9.83. The van der Waals surface area contributed by atoms with Gasteiger partial charge in [0.2, 0.25) is 5.89 Å². The molecule has 0 spiro atoms. The Hall–Kier alpha value is -1.92. The van der Waals surface area contributed by atoms with Gasteiger partial charge in [-0.15, -0.1) is 0 Å². The second kappa shape index (κ2) is 7.37. The van der Waals surface area contributed by atoms with Crippen LogP contribution in [-0.4, -0.2) is 40.8 Å². The molecule has 1 fully saturated rings. The Morgan fingerprint density at radius 1 is 1.35 bits per heavy atom. The number of aliphatic hydroxyl groups is 1. The standard InChI is InChI=1S/C20H27FN2O3/c1-13-18(12-23-9-7-14(8-10-23)20(2,3)24)22-19(26-13)16-6-5-15(25-4)11-17(16)21/h5-6,11,14,24H,7-10,12H2,1-4H3. The largest absolute Gasteiger partial charge is 0.497 e. The van der Waals surface area contributed by atoms with Crippen LogP contribution in [-0.2, 0) is 6.54 Å². The monoisotopic (exact) mass is 362 g/mol. The molecular weight excluding hydrogens is 335 g/mol. The predicted octanol–water partition coefficient (Wildman–Crippen LogP) is 3.78. The van der Waals surface area contributed by atoms with Crippen LogP contribution in [0.2, 0.25) is 0 Å². The number of hydrogen-bond acceptors (Lipinski definition) is 5. The van der Waals surface area contributed by atoms with Gasteiger partial charge in [0, 0.05) is 12.6 Å². The summed E-state index contributed by atoms with van der Waals surface area (Å²) in [4.78, 5) is 6.83. The van der Waals surface area contributed by atoms with Crippen molar-refractivity contribution in [3.05, 3.63) is 35.5 Å². The van der Waals surface area contributed by atoms with E-state index in [4.69, 9.17) is 9.15 Å². The minimum absolute atomic E-state index is 0.295. The average Bonchev–Trinajstić information content (AvgIpc) is 2.94. The fourth-order valence-electron chi connectivity index (χ4n) is 3.50. The van der Waals surface area contributed by atoms with Gasteiger partial charge in [0.25, 0.3) is 0 Å². The van der Waals surface area contributed by atoms with Crippen molar-refractivity contribution >= 4 is 0 Å². The van der Waals surface area contributed by atoms with Crippen LogP contribution in [0.4, 0.5) is 4.39 Å². The molecule has 2 aromatic rings. The van der Waals surface area contributed by atoms with E-state index in [9.17, 15) is 9.50 Å². The molecule has 1 aliphatic heterocycles. The maximum Gasteiger partial charge on any atom is 0.229 e. The van der Waals surface area contributed by atoms with Crippen LogP contribution in [0.5, 0.6) is 5.75 Å². The van der Waals surface area contributed by atoms with Crippen LogP contribution in [0.15, 0.2) is 22.6 Å². The van der Waals surface area contributed by atoms with Crippen molar-refractivity contribution in [2.24, 2.45) is 5.92 Å². The Bertz CT molecular complexity index is 759. The number of aromatic nitrogens is 1. The number of piperidine rings is 1. The molecule has 0 atom stereocenters. The van der Waals surface area contributed by atoms with Gasteiger partial charge in [-0.05, 0) is 64.8 Å². The molecule has 5 nitrogen and oxygen atoms in total. The average molecular weight is 362 g/mol. The smallest absolute Gasteiger partial charge is 0.229 e. The number of benzene rings is 1. The van der Waals surface area contributed by atoms with Gasteiger partial charge in [-0.1, -0.05) is 0 Å². The molecule has 0 bridgehead atoms. The Kier molecular flexibility index (Phi) is 5.34. The number of nitrogens with zero attached hydrogens (tertiary/aromatic N) is 2. The van der Waals surface area contributed by atoms with Gasteiger partial charge in [0.05, 0.1) is 24.0 Å². The molecule has 1 aromatic carbocycles. The second-order valence-corrected chi connectivity index (χ2v) is 7.57. The van der Waals surface area contributed by atoms with E-state index in [1.807, 2.05) is 20.8 Å². The van der Waals surface area contributed by atoms with Crippen LogP contribution in [0, 0.1) is 18.7 Å². The lowest BCUT2D eigenvalue weighted by molar-refractivity contribution is -0.0137. The molecule has 142 valence electrons. The number of likely N-dealkylation sites (tertiary alicyclic amines) is 1. The molecule has 1 aliphatic rings. The molecule has 2 heterocycles. The first-order valence-electron chi connectivity index (χ1n) is 9.03. The molecule has 26 heavy (non-hydrogen) atoms. The van der Waals surface area contributed by atoms with Crippen molar-refractivity contribution < 1.29 is 18.7 Å². The number of oxazole rings is 1. The topological polar surface area (TPSA) is 58.7 Å². The summed E-state index contributed by atoms with van der Waals surface area (Å²) in [5.41, 5.74) is 0.535. The Balaban J connectivity index is 1.70. The van der Waals surface area contributed by atoms with Crippen LogP contribution in [0.1, 0.15) is 38.1 Å². The second-order valence-electron chi connectivity index (χ2n) is 7.57. The van der Waals surface area contributed by atoms with Crippen LogP contribution < -0.4 is 4.74 Å². The van der Waals surface area contributed by atoms with E-state index in [2.05, 4.69) is 9.88 Å². The predicted molar refractivity (Wildman–Crippen MR) is 97.5 cm³/mol. The lowest BCUT2D eigenvalue weighted by Crippen LogP contribution is -2.41. The summed E-state index contributed by atoms with van der Waals surface area (Å²) < 4.78 is 25.0. The number of ether oxygens (including phenoxy) is 1. The zero-order valence-corrected chi connectivity index (χ0v) is 15.9. The molecule has 3 rings (SSSR count). The fourth-order valence-corrected chi connectivity index (χ4v) is 3.50. The Morgan fingerprint density at radius 2 is 2.04 bits per heavy atom. The van der Waals surface area contributed by atoms with E-state index in [0.717, 1.165) is 31.6 Å². The molecule has 0 saturated carbocycles. The molecule has 0 amide bonds. The highest BCUT2D eigenvalue weighted by Crippen LogP contribution is 2.30. The van der Waals surface area contributed by atoms with Gasteiger partial charge in [-0.3, -0.25) is 4.90 Å². The van der Waals surface area contributed by atoms with Gasteiger partial charge in [-0.2, -0.15) is 0 Å². The van der Waals surface area contributed by atoms with E-state index in [1.165, 1.54) is 13.2 Å². The van der Waals surface area contributed by atoms with E-state index in [1.54, 1.807) is 12.1 Å². The molecule has 0 unspecified atom stereocenters. The van der Waals surface area contributed by atoms with Gasteiger partial charge >= 0.3 is 0 Å². The van der Waals surface area contributed by atoms with Crippen molar-refractivity contribution in [3.8, 4) is 17.2 Å². The zero-order valence-electron chi connectivity index (χ0n) is 15.9. The number of methoxy groups -OCH3 is 1. The summed E-state index contributed by atoms with van der Waals surface area (Å²) in [6.45, 7) is 8.11. The number of hydrogen-bond donors (Lipinski definition) is 1. The first-order chi connectivity index (χ1) is 12.3. The zero-order chi connectivity index (χ0) is 18.9. The first kappa shape index (κ1) is 18.9. The summed E-state index contributed by atoms with van der Waals surface area (Å²) in [6, 6.07) is 4.65. The molecule has 1 N–H and O–H groups in total. The van der Waals surface area contributed by atoms with E-state index in [-0.39, 0.29) is 0 Å². The van der Waals surface area contributed by atoms with Crippen LogP contribution in [0.3, 0.4) is 0 Å². The summed E-state index contributed by atoms with van der Waals surface area (Å²) in [5, 5.41) is 10.2. The van der Waals surface area contributed by atoms with Crippen molar-refractivity contribution in [2.75, 3.05) is 20.2 Å². The molecule has 1 saturated heterocycles. The minimum Gasteiger partial charge on any atom is -0.497 e. The molecular formula is C20H27FN2O3. The number of halogens is 1. The van der Waals surface area contributed by atoms with Crippen molar-refractivity contribution in [1.29, 1.82) is 0 Å². The van der Waals surface area contributed by atoms with Crippen molar-refractivity contribution in [1.82, 2.24) is 9.88 Å². The summed E-state index contributed by atoms with van der Waals surface area (Å²) in [7, 11) is 1.50. The van der Waals surface area contributed by atoms with Gasteiger partial charge in [0.15, 0.2) is 0 Å². The third-order valence-corrected chi connectivity index (χ3v) is 5.26. The fraction of sp³-hybridized carbons (Fsp3) is 0.550. The van der Waals surface area contributed by atoms with Gasteiger partial charge in [0.1, 0.15) is 17.3 Å². The van der Waals surface area contributed by atoms with Gasteiger partial charge < -0.3 is 14.3 Å². The van der Waals surface area contributed by atoms with E-state index >= 15 is 0 Å². The number of rotatable bonds is 5. The van der Waals surface area contributed by atoms with Crippen molar-refractivity contribution in [3.63, 3.8) is 0 Å². The summed E-state index contributed by atoms with van der Waals surface area (Å²) in [6.07, 6.45) is 1.92. The maximum absolute atomic E-state index is 14.3. The Labute approximate surface area is 153 Å². The maximum atomic E-state index is 14.3. The number of aryl methyl sites for hydroxylation is 1. The third kappa shape index (κ3) is 4.07. The molecule has 1 aromatic heterocycles. The summed E-state index contributed by atoms with van der Waals surface area (Å²) in [5.74, 6) is 1.37. The van der Waals surface area contributed by atoms with E-state index in [0.29, 0.717) is 35.4 Å². The highest BCUT2D eigenvalue weighted by molar-refractivity contribution is 5.56. The first-order valence-corrected chi connectivity index (χ1v) is 9.03. The highest BCUT2D eigenvalue weighted by Gasteiger charge is 2.31.